The van der Waals surface area contributed by atoms with Crippen LogP contribution in [0.3, 0.4) is 0 Å². The largest absolute Gasteiger partial charge is 0.323 e. The van der Waals surface area contributed by atoms with Gasteiger partial charge >= 0.3 is 0 Å². The third kappa shape index (κ3) is 2.58. The second kappa shape index (κ2) is 5.41. The van der Waals surface area contributed by atoms with E-state index in [1.165, 1.54) is 0 Å². The maximum Gasteiger partial charge on any atom is 0.0675 e. The lowest BCUT2D eigenvalue weighted by Gasteiger charge is -2.16. The van der Waals surface area contributed by atoms with Crippen molar-refractivity contribution in [2.75, 3.05) is 0 Å². The third-order valence-electron chi connectivity index (χ3n) is 2.27. The second-order valence-corrected chi connectivity index (χ2v) is 3.32. The number of nitrogens with two attached hydrogens (primary N) is 1. The lowest BCUT2D eigenvalue weighted by atomic mass is 9.91. The van der Waals surface area contributed by atoms with E-state index in [2.05, 4.69) is 6.07 Å². The Kier molecular flexibility index (Phi) is 4.15. The molecule has 0 aliphatic rings. The van der Waals surface area contributed by atoms with Crippen molar-refractivity contribution < 1.29 is 0 Å². The molecule has 1 rings (SSSR count). The molecule has 2 nitrogen and oxygen atoms in total. The summed E-state index contributed by atoms with van der Waals surface area (Å²) in [4.78, 5) is 0. The highest BCUT2D eigenvalue weighted by molar-refractivity contribution is 5.21. The van der Waals surface area contributed by atoms with Crippen molar-refractivity contribution in [3.63, 3.8) is 0 Å². The lowest BCUT2D eigenvalue weighted by molar-refractivity contribution is 0.525. The SMILES string of the molecule is C[CH]CC(C#N)C(N)c1ccccc1. The normalized spacial score (nSPS) is 14.4. The molecule has 0 amide bonds. The van der Waals surface area contributed by atoms with Gasteiger partial charge in [0.25, 0.3) is 0 Å². The van der Waals surface area contributed by atoms with Crippen molar-refractivity contribution in [2.24, 2.45) is 11.7 Å². The summed E-state index contributed by atoms with van der Waals surface area (Å²) in [7, 11) is 0. The van der Waals surface area contributed by atoms with Gasteiger partial charge in [-0.1, -0.05) is 37.3 Å². The summed E-state index contributed by atoms with van der Waals surface area (Å²) in [6.07, 6.45) is 2.73. The van der Waals surface area contributed by atoms with Gasteiger partial charge < -0.3 is 5.73 Å². The third-order valence-corrected chi connectivity index (χ3v) is 2.27. The average Bonchev–Trinajstić information content (AvgIpc) is 2.26. The van der Waals surface area contributed by atoms with E-state index in [1.807, 2.05) is 43.7 Å². The van der Waals surface area contributed by atoms with Crippen molar-refractivity contribution in [2.45, 2.75) is 19.4 Å². The van der Waals surface area contributed by atoms with E-state index in [9.17, 15) is 0 Å². The fourth-order valence-electron chi connectivity index (χ4n) is 1.44. The first-order valence-electron chi connectivity index (χ1n) is 4.77. The molecule has 0 bridgehead atoms. The van der Waals surface area contributed by atoms with Crippen molar-refractivity contribution in [3.05, 3.63) is 42.3 Å². The Morgan fingerprint density at radius 2 is 2.07 bits per heavy atom. The standard InChI is InChI=1S/C12H15N2/c1-2-6-11(9-13)12(14)10-7-4-3-5-8-10/h2-5,7-8,11-12H,6,14H2,1H3. The minimum Gasteiger partial charge on any atom is -0.323 e. The van der Waals surface area contributed by atoms with E-state index in [-0.39, 0.29) is 12.0 Å². The second-order valence-electron chi connectivity index (χ2n) is 3.32. The molecule has 2 heteroatoms. The Balaban J connectivity index is 2.74. The summed E-state index contributed by atoms with van der Waals surface area (Å²) in [5.74, 6) is -0.123. The Hall–Kier alpha value is -1.33. The van der Waals surface area contributed by atoms with Crippen molar-refractivity contribution in [1.29, 1.82) is 5.26 Å². The van der Waals surface area contributed by atoms with Gasteiger partial charge in [-0.15, -0.1) is 0 Å². The lowest BCUT2D eigenvalue weighted by Crippen LogP contribution is -2.20. The molecule has 14 heavy (non-hydrogen) atoms. The van der Waals surface area contributed by atoms with Gasteiger partial charge in [-0.2, -0.15) is 5.26 Å². The first-order chi connectivity index (χ1) is 6.79. The Labute approximate surface area is 85.4 Å². The molecule has 0 saturated heterocycles. The summed E-state index contributed by atoms with van der Waals surface area (Å²) in [6, 6.07) is 11.8. The monoisotopic (exact) mass is 187 g/mol. The van der Waals surface area contributed by atoms with Gasteiger partial charge in [0.05, 0.1) is 12.0 Å². The molecule has 0 fully saturated rings. The van der Waals surface area contributed by atoms with Crippen LogP contribution in [0, 0.1) is 23.7 Å². The summed E-state index contributed by atoms with van der Waals surface area (Å²) in [6.45, 7) is 1.95. The van der Waals surface area contributed by atoms with Crippen LogP contribution in [0.5, 0.6) is 0 Å². The predicted molar refractivity (Wildman–Crippen MR) is 57.1 cm³/mol. The Morgan fingerprint density at radius 3 is 2.57 bits per heavy atom. The van der Waals surface area contributed by atoms with Gasteiger partial charge in [0.15, 0.2) is 0 Å². The minimum atomic E-state index is -0.183. The highest BCUT2D eigenvalue weighted by Crippen LogP contribution is 2.22. The number of rotatable bonds is 4. The molecule has 2 unspecified atom stereocenters. The van der Waals surface area contributed by atoms with Gasteiger partial charge in [0.2, 0.25) is 0 Å². The highest BCUT2D eigenvalue weighted by Gasteiger charge is 2.17. The van der Waals surface area contributed by atoms with Crippen molar-refractivity contribution in [3.8, 4) is 6.07 Å². The predicted octanol–water partition coefficient (Wildman–Crippen LogP) is 2.44. The number of nitrogens with zero attached hydrogens (tertiary/aromatic N) is 1. The van der Waals surface area contributed by atoms with Crippen LogP contribution in [0.4, 0.5) is 0 Å². The average molecular weight is 187 g/mol. The molecular formula is C12H15N2. The van der Waals surface area contributed by atoms with E-state index in [0.29, 0.717) is 0 Å². The smallest absolute Gasteiger partial charge is 0.0675 e. The molecule has 73 valence electrons. The topological polar surface area (TPSA) is 49.8 Å². The Morgan fingerprint density at radius 1 is 1.43 bits per heavy atom. The maximum absolute atomic E-state index is 8.94. The zero-order chi connectivity index (χ0) is 10.4. The van der Waals surface area contributed by atoms with E-state index in [1.54, 1.807) is 0 Å². The fourth-order valence-corrected chi connectivity index (χ4v) is 1.44. The Bertz CT molecular complexity index is 300. The van der Waals surface area contributed by atoms with E-state index < -0.39 is 0 Å². The van der Waals surface area contributed by atoms with Crippen LogP contribution in [-0.2, 0) is 0 Å². The van der Waals surface area contributed by atoms with Gasteiger partial charge in [-0.05, 0) is 18.4 Å². The molecule has 2 N–H and O–H groups in total. The van der Waals surface area contributed by atoms with Gasteiger partial charge in [0, 0.05) is 6.04 Å². The molecule has 0 aliphatic carbocycles. The zero-order valence-electron chi connectivity index (χ0n) is 8.35. The number of hydrogen-bond donors (Lipinski definition) is 1. The van der Waals surface area contributed by atoms with Crippen LogP contribution in [0.25, 0.3) is 0 Å². The van der Waals surface area contributed by atoms with Crippen LogP contribution in [0.15, 0.2) is 30.3 Å². The molecule has 0 heterocycles. The first-order valence-corrected chi connectivity index (χ1v) is 4.77. The number of nitriles is 1. The van der Waals surface area contributed by atoms with Crippen LogP contribution in [0.1, 0.15) is 24.9 Å². The van der Waals surface area contributed by atoms with Crippen LogP contribution < -0.4 is 5.73 Å². The summed E-state index contributed by atoms with van der Waals surface area (Å²) >= 11 is 0. The molecule has 1 radical (unpaired) electrons. The summed E-state index contributed by atoms with van der Waals surface area (Å²) in [5.41, 5.74) is 7.02. The number of hydrogen-bond acceptors (Lipinski definition) is 2. The zero-order valence-corrected chi connectivity index (χ0v) is 8.35. The quantitative estimate of drug-likeness (QED) is 0.787. The minimum absolute atomic E-state index is 0.123. The summed E-state index contributed by atoms with van der Waals surface area (Å²) < 4.78 is 0. The van der Waals surface area contributed by atoms with E-state index in [0.717, 1.165) is 12.0 Å². The fraction of sp³-hybridized carbons (Fsp3) is 0.333. The van der Waals surface area contributed by atoms with E-state index >= 15 is 0 Å². The summed E-state index contributed by atoms with van der Waals surface area (Å²) in [5, 5.41) is 8.94. The van der Waals surface area contributed by atoms with Crippen LogP contribution >= 0.6 is 0 Å². The van der Waals surface area contributed by atoms with Gasteiger partial charge in [-0.25, -0.2) is 0 Å². The van der Waals surface area contributed by atoms with Crippen LogP contribution in [0.2, 0.25) is 0 Å². The number of benzene rings is 1. The molecule has 1 aromatic carbocycles. The van der Waals surface area contributed by atoms with Crippen molar-refractivity contribution >= 4 is 0 Å². The van der Waals surface area contributed by atoms with Crippen molar-refractivity contribution in [1.82, 2.24) is 0 Å². The molecular weight excluding hydrogens is 172 g/mol. The molecule has 0 saturated carbocycles. The molecule has 0 aliphatic heterocycles. The molecule has 0 aromatic heterocycles. The molecule has 2 atom stereocenters. The highest BCUT2D eigenvalue weighted by atomic mass is 14.6. The van der Waals surface area contributed by atoms with Crippen LogP contribution in [-0.4, -0.2) is 0 Å². The molecule has 1 aromatic rings. The first kappa shape index (κ1) is 10.7. The maximum atomic E-state index is 8.94. The van der Waals surface area contributed by atoms with E-state index in [4.69, 9.17) is 11.0 Å². The van der Waals surface area contributed by atoms with Gasteiger partial charge in [-0.3, -0.25) is 0 Å². The molecule has 0 spiro atoms. The van der Waals surface area contributed by atoms with Gasteiger partial charge in [0.1, 0.15) is 0 Å².